The van der Waals surface area contributed by atoms with E-state index >= 15 is 0 Å². The molecule has 0 bridgehead atoms. The third-order valence-corrected chi connectivity index (χ3v) is 3.43. The molecule has 20 heavy (non-hydrogen) atoms. The number of aryl methyl sites for hydroxylation is 1. The fourth-order valence-corrected chi connectivity index (χ4v) is 2.41. The molecule has 0 aliphatic heterocycles. The second-order valence-electron chi connectivity index (χ2n) is 4.52. The highest BCUT2D eigenvalue weighted by Gasteiger charge is 2.15. The maximum Gasteiger partial charge on any atom is 0.268 e. The minimum atomic E-state index is -0.926. The third kappa shape index (κ3) is 3.07. The SMILES string of the molecule is CC(NC(=O)c1cc(Br)cn1C)c1ccc(F)c(F)c1. The van der Waals surface area contributed by atoms with Crippen LogP contribution in [0.5, 0.6) is 0 Å². The Bertz CT molecular complexity index is 655. The van der Waals surface area contributed by atoms with E-state index in [9.17, 15) is 13.6 Å². The van der Waals surface area contributed by atoms with Crippen LogP contribution in [0.3, 0.4) is 0 Å². The molecule has 106 valence electrons. The summed E-state index contributed by atoms with van der Waals surface area (Å²) in [6.07, 6.45) is 1.76. The number of aromatic nitrogens is 1. The Morgan fingerprint density at radius 3 is 2.55 bits per heavy atom. The van der Waals surface area contributed by atoms with Gasteiger partial charge < -0.3 is 9.88 Å². The van der Waals surface area contributed by atoms with Crippen molar-refractivity contribution in [1.29, 1.82) is 0 Å². The first-order chi connectivity index (χ1) is 9.38. The van der Waals surface area contributed by atoms with Crippen LogP contribution in [0.25, 0.3) is 0 Å². The van der Waals surface area contributed by atoms with Gasteiger partial charge in [-0.2, -0.15) is 0 Å². The Balaban J connectivity index is 2.14. The van der Waals surface area contributed by atoms with Gasteiger partial charge in [-0.25, -0.2) is 8.78 Å². The number of benzene rings is 1. The summed E-state index contributed by atoms with van der Waals surface area (Å²) in [6.45, 7) is 1.71. The van der Waals surface area contributed by atoms with Gasteiger partial charge in [-0.1, -0.05) is 6.07 Å². The van der Waals surface area contributed by atoms with Crippen molar-refractivity contribution >= 4 is 21.8 Å². The quantitative estimate of drug-likeness (QED) is 0.909. The number of amides is 1. The van der Waals surface area contributed by atoms with Crippen LogP contribution in [-0.4, -0.2) is 10.5 Å². The lowest BCUT2D eigenvalue weighted by Gasteiger charge is -2.14. The van der Waals surface area contributed by atoms with E-state index in [1.807, 2.05) is 0 Å². The predicted molar refractivity (Wildman–Crippen MR) is 75.4 cm³/mol. The Labute approximate surface area is 123 Å². The van der Waals surface area contributed by atoms with Gasteiger partial charge in [0.05, 0.1) is 6.04 Å². The van der Waals surface area contributed by atoms with Crippen LogP contribution < -0.4 is 5.32 Å². The van der Waals surface area contributed by atoms with Gasteiger partial charge in [0, 0.05) is 17.7 Å². The van der Waals surface area contributed by atoms with E-state index in [1.165, 1.54) is 6.07 Å². The second kappa shape index (κ2) is 5.75. The fourth-order valence-electron chi connectivity index (χ4n) is 1.89. The minimum absolute atomic E-state index is 0.282. The molecule has 0 aliphatic rings. The lowest BCUT2D eigenvalue weighted by molar-refractivity contribution is 0.0931. The minimum Gasteiger partial charge on any atom is -0.345 e. The Hall–Kier alpha value is -1.69. The molecule has 2 rings (SSSR count). The molecule has 2 aromatic rings. The molecule has 1 heterocycles. The maximum atomic E-state index is 13.2. The molecular formula is C14H13BrF2N2O. The molecule has 0 fully saturated rings. The predicted octanol–water partition coefficient (Wildman–Crippen LogP) is 3.56. The summed E-state index contributed by atoms with van der Waals surface area (Å²) < 4.78 is 28.5. The van der Waals surface area contributed by atoms with E-state index < -0.39 is 17.7 Å². The molecule has 1 aromatic carbocycles. The van der Waals surface area contributed by atoms with Crippen molar-refractivity contribution in [3.63, 3.8) is 0 Å². The topological polar surface area (TPSA) is 34.0 Å². The van der Waals surface area contributed by atoms with Crippen molar-refractivity contribution in [2.24, 2.45) is 7.05 Å². The Kier molecular flexibility index (Phi) is 4.23. The summed E-state index contributed by atoms with van der Waals surface area (Å²) in [5.74, 6) is -2.11. The molecule has 1 atom stereocenters. The zero-order valence-corrected chi connectivity index (χ0v) is 12.5. The molecule has 0 saturated carbocycles. The first-order valence-corrected chi connectivity index (χ1v) is 6.75. The second-order valence-corrected chi connectivity index (χ2v) is 5.44. The average Bonchev–Trinajstić information content (AvgIpc) is 2.71. The van der Waals surface area contributed by atoms with Gasteiger partial charge >= 0.3 is 0 Å². The summed E-state index contributed by atoms with van der Waals surface area (Å²) >= 11 is 3.29. The summed E-state index contributed by atoms with van der Waals surface area (Å²) in [7, 11) is 1.75. The van der Waals surface area contributed by atoms with Gasteiger partial charge in [0.2, 0.25) is 0 Å². The lowest BCUT2D eigenvalue weighted by atomic mass is 10.1. The summed E-state index contributed by atoms with van der Waals surface area (Å²) in [4.78, 5) is 12.1. The molecule has 1 N–H and O–H groups in total. The molecule has 1 amide bonds. The van der Waals surface area contributed by atoms with Crippen molar-refractivity contribution in [1.82, 2.24) is 9.88 Å². The van der Waals surface area contributed by atoms with Crippen LogP contribution >= 0.6 is 15.9 Å². The highest BCUT2D eigenvalue weighted by Crippen LogP contribution is 2.18. The first-order valence-electron chi connectivity index (χ1n) is 5.96. The van der Waals surface area contributed by atoms with Gasteiger partial charge in [0.15, 0.2) is 11.6 Å². The van der Waals surface area contributed by atoms with E-state index in [2.05, 4.69) is 21.2 Å². The average molecular weight is 343 g/mol. The number of nitrogens with one attached hydrogen (secondary N) is 1. The van der Waals surface area contributed by atoms with Gasteiger partial charge in [0.1, 0.15) is 5.69 Å². The maximum absolute atomic E-state index is 13.2. The van der Waals surface area contributed by atoms with Crippen molar-refractivity contribution in [3.8, 4) is 0 Å². The Morgan fingerprint density at radius 1 is 1.30 bits per heavy atom. The zero-order chi connectivity index (χ0) is 14.9. The Morgan fingerprint density at radius 2 is 2.00 bits per heavy atom. The largest absolute Gasteiger partial charge is 0.345 e. The van der Waals surface area contributed by atoms with Gasteiger partial charge in [0.25, 0.3) is 5.91 Å². The zero-order valence-electron chi connectivity index (χ0n) is 11.0. The van der Waals surface area contributed by atoms with E-state index in [1.54, 1.807) is 30.8 Å². The summed E-state index contributed by atoms with van der Waals surface area (Å²) in [6, 6.07) is 4.84. The lowest BCUT2D eigenvalue weighted by Crippen LogP contribution is -2.28. The number of hydrogen-bond acceptors (Lipinski definition) is 1. The van der Waals surface area contributed by atoms with Crippen LogP contribution in [0.2, 0.25) is 0 Å². The van der Waals surface area contributed by atoms with Crippen molar-refractivity contribution in [2.75, 3.05) is 0 Å². The first kappa shape index (κ1) is 14.7. The molecule has 0 spiro atoms. The summed E-state index contributed by atoms with van der Waals surface area (Å²) in [5, 5.41) is 2.74. The smallest absolute Gasteiger partial charge is 0.268 e. The van der Waals surface area contributed by atoms with Crippen molar-refractivity contribution in [3.05, 3.63) is 57.8 Å². The van der Waals surface area contributed by atoms with Crippen molar-refractivity contribution in [2.45, 2.75) is 13.0 Å². The molecule has 1 unspecified atom stereocenters. The number of hydrogen-bond donors (Lipinski definition) is 1. The highest BCUT2D eigenvalue weighted by molar-refractivity contribution is 9.10. The fraction of sp³-hybridized carbons (Fsp3) is 0.214. The standard InChI is InChI=1S/C14H13BrF2N2O/c1-8(9-3-4-11(16)12(17)5-9)18-14(20)13-6-10(15)7-19(13)2/h3-8H,1-2H3,(H,18,20). The van der Waals surface area contributed by atoms with Gasteiger partial charge in [-0.3, -0.25) is 4.79 Å². The van der Waals surface area contributed by atoms with Gasteiger partial charge in [-0.05, 0) is 46.6 Å². The van der Waals surface area contributed by atoms with Crippen LogP contribution in [-0.2, 0) is 7.05 Å². The highest BCUT2D eigenvalue weighted by atomic mass is 79.9. The number of nitrogens with zero attached hydrogens (tertiary/aromatic N) is 1. The number of carbonyl (C=O) groups is 1. The van der Waals surface area contributed by atoms with E-state index in [0.29, 0.717) is 11.3 Å². The molecule has 0 radical (unpaired) electrons. The van der Waals surface area contributed by atoms with E-state index in [-0.39, 0.29) is 5.91 Å². The molecule has 6 heteroatoms. The van der Waals surface area contributed by atoms with Gasteiger partial charge in [-0.15, -0.1) is 0 Å². The monoisotopic (exact) mass is 342 g/mol. The van der Waals surface area contributed by atoms with Crippen molar-refractivity contribution < 1.29 is 13.6 Å². The number of halogens is 3. The number of rotatable bonds is 3. The molecular weight excluding hydrogens is 330 g/mol. The van der Waals surface area contributed by atoms with Crippen LogP contribution in [0.4, 0.5) is 8.78 Å². The van der Waals surface area contributed by atoms with E-state index in [4.69, 9.17) is 0 Å². The van der Waals surface area contributed by atoms with E-state index in [0.717, 1.165) is 16.6 Å². The summed E-state index contributed by atoms with van der Waals surface area (Å²) in [5.41, 5.74) is 0.983. The van der Waals surface area contributed by atoms with Crippen LogP contribution in [0.15, 0.2) is 34.9 Å². The third-order valence-electron chi connectivity index (χ3n) is 3.00. The normalized spacial score (nSPS) is 12.2. The molecule has 0 aliphatic carbocycles. The molecule has 0 saturated heterocycles. The molecule has 3 nitrogen and oxygen atoms in total. The molecule has 1 aromatic heterocycles. The number of carbonyl (C=O) groups excluding carboxylic acids is 1. The van der Waals surface area contributed by atoms with Crippen LogP contribution in [0, 0.1) is 11.6 Å². The van der Waals surface area contributed by atoms with Crippen LogP contribution in [0.1, 0.15) is 29.0 Å².